The van der Waals surface area contributed by atoms with Gasteiger partial charge in [0.05, 0.1) is 17.2 Å². The van der Waals surface area contributed by atoms with Crippen LogP contribution < -0.4 is 5.32 Å². The highest BCUT2D eigenvalue weighted by Crippen LogP contribution is 2.20. The molecule has 1 aromatic rings. The first-order valence-corrected chi connectivity index (χ1v) is 6.43. The molecule has 1 aliphatic heterocycles. The summed E-state index contributed by atoms with van der Waals surface area (Å²) >= 11 is 5.60. The first kappa shape index (κ1) is 13.7. The number of aliphatic hydroxyl groups is 1. The topological polar surface area (TPSA) is 41.5 Å². The quantitative estimate of drug-likeness (QED) is 0.884. The number of aliphatic hydroxyl groups excluding tert-OH is 1. The van der Waals surface area contributed by atoms with Gasteiger partial charge in [-0.25, -0.2) is 4.39 Å². The molecule has 0 spiro atoms. The van der Waals surface area contributed by atoms with Gasteiger partial charge in [0.1, 0.15) is 5.82 Å². The molecule has 0 saturated carbocycles. The smallest absolute Gasteiger partial charge is 0.142 e. The molecule has 0 aromatic heterocycles. The third-order valence-electron chi connectivity index (χ3n) is 3.28. The Morgan fingerprint density at radius 2 is 2.39 bits per heavy atom. The molecule has 0 radical (unpaired) electrons. The third kappa shape index (κ3) is 3.20. The summed E-state index contributed by atoms with van der Waals surface area (Å²) < 4.78 is 18.7. The van der Waals surface area contributed by atoms with Crippen LogP contribution in [0.15, 0.2) is 18.2 Å². The van der Waals surface area contributed by atoms with E-state index in [1.807, 2.05) is 6.92 Å². The molecule has 3 atom stereocenters. The van der Waals surface area contributed by atoms with Crippen LogP contribution in [0.5, 0.6) is 0 Å². The Hall–Kier alpha value is -0.680. The van der Waals surface area contributed by atoms with E-state index < -0.39 is 11.9 Å². The van der Waals surface area contributed by atoms with Crippen LogP contribution in [0, 0.1) is 5.82 Å². The van der Waals surface area contributed by atoms with Crippen molar-refractivity contribution in [2.75, 3.05) is 13.2 Å². The van der Waals surface area contributed by atoms with Crippen LogP contribution >= 0.6 is 11.6 Å². The largest absolute Gasteiger partial charge is 0.387 e. The normalized spacial score (nSPS) is 25.3. The van der Waals surface area contributed by atoms with E-state index in [1.54, 1.807) is 6.07 Å². The van der Waals surface area contributed by atoms with E-state index in [9.17, 15) is 9.50 Å². The Bertz CT molecular complexity index is 416. The van der Waals surface area contributed by atoms with Gasteiger partial charge in [-0.15, -0.1) is 0 Å². The molecule has 2 N–H and O–H groups in total. The van der Waals surface area contributed by atoms with Gasteiger partial charge in [0.25, 0.3) is 0 Å². The summed E-state index contributed by atoms with van der Waals surface area (Å²) in [6, 6.07) is 4.60. The van der Waals surface area contributed by atoms with E-state index >= 15 is 0 Å². The summed E-state index contributed by atoms with van der Waals surface area (Å²) in [5.74, 6) is -0.509. The molecule has 0 amide bonds. The molecule has 3 unspecified atom stereocenters. The highest BCUT2D eigenvalue weighted by molar-refractivity contribution is 6.30. The van der Waals surface area contributed by atoms with Gasteiger partial charge < -0.3 is 15.2 Å². The molecule has 3 nitrogen and oxygen atoms in total. The highest BCUT2D eigenvalue weighted by Gasteiger charge is 2.24. The van der Waals surface area contributed by atoms with Gasteiger partial charge in [0.15, 0.2) is 0 Å². The van der Waals surface area contributed by atoms with Gasteiger partial charge in [-0.1, -0.05) is 17.7 Å². The van der Waals surface area contributed by atoms with Crippen molar-refractivity contribution in [2.24, 2.45) is 0 Å². The number of rotatable bonds is 4. The second-order valence-electron chi connectivity index (χ2n) is 4.57. The molecule has 100 valence electrons. The lowest BCUT2D eigenvalue weighted by Gasteiger charge is -2.19. The Labute approximate surface area is 111 Å². The van der Waals surface area contributed by atoms with Gasteiger partial charge in [0, 0.05) is 19.2 Å². The van der Waals surface area contributed by atoms with Crippen LogP contribution in [0.1, 0.15) is 25.0 Å². The minimum Gasteiger partial charge on any atom is -0.387 e. The third-order valence-corrected chi connectivity index (χ3v) is 3.58. The zero-order valence-corrected chi connectivity index (χ0v) is 11.0. The summed E-state index contributed by atoms with van der Waals surface area (Å²) in [4.78, 5) is 0. The van der Waals surface area contributed by atoms with E-state index in [0.717, 1.165) is 13.0 Å². The average molecular weight is 274 g/mol. The minimum atomic E-state index is -0.746. The van der Waals surface area contributed by atoms with Crippen LogP contribution in [0.25, 0.3) is 0 Å². The maximum absolute atomic E-state index is 13.3. The first-order valence-electron chi connectivity index (χ1n) is 6.06. The predicted octanol–water partition coefficient (Wildman–Crippen LogP) is 2.28. The Kier molecular flexibility index (Phi) is 4.56. The molecule has 18 heavy (non-hydrogen) atoms. The van der Waals surface area contributed by atoms with Crippen molar-refractivity contribution in [1.82, 2.24) is 5.32 Å². The molecular formula is C13H17ClFNO2. The molecule has 1 fully saturated rings. The van der Waals surface area contributed by atoms with Crippen LogP contribution in [-0.4, -0.2) is 30.4 Å². The van der Waals surface area contributed by atoms with Crippen LogP contribution in [0.4, 0.5) is 4.39 Å². The first-order chi connectivity index (χ1) is 8.58. The monoisotopic (exact) mass is 273 g/mol. The molecule has 1 aliphatic rings. The SMILES string of the molecule is CC1OCCC1NCC(O)c1ccc(Cl)c(F)c1. The number of benzene rings is 1. The molecule has 1 saturated heterocycles. The Morgan fingerprint density at radius 1 is 1.61 bits per heavy atom. The number of halogens is 2. The average Bonchev–Trinajstić information content (AvgIpc) is 2.75. The Balaban J connectivity index is 1.90. The number of ether oxygens (including phenoxy) is 1. The maximum atomic E-state index is 13.3. The van der Waals surface area contributed by atoms with E-state index in [4.69, 9.17) is 16.3 Å². The van der Waals surface area contributed by atoms with Crippen molar-refractivity contribution in [3.63, 3.8) is 0 Å². The summed E-state index contributed by atoms with van der Waals surface area (Å²) in [5.41, 5.74) is 0.524. The van der Waals surface area contributed by atoms with Crippen molar-refractivity contribution in [3.05, 3.63) is 34.6 Å². The van der Waals surface area contributed by atoms with Gasteiger partial charge >= 0.3 is 0 Å². The van der Waals surface area contributed by atoms with E-state index in [0.29, 0.717) is 12.1 Å². The van der Waals surface area contributed by atoms with Crippen LogP contribution in [-0.2, 0) is 4.74 Å². The lowest BCUT2D eigenvalue weighted by atomic mass is 10.1. The number of hydrogen-bond acceptors (Lipinski definition) is 3. The summed E-state index contributed by atoms with van der Waals surface area (Å²) in [5, 5.41) is 13.3. The van der Waals surface area contributed by atoms with Crippen molar-refractivity contribution in [2.45, 2.75) is 31.6 Å². The van der Waals surface area contributed by atoms with Crippen molar-refractivity contribution >= 4 is 11.6 Å². The summed E-state index contributed by atoms with van der Waals surface area (Å²) in [6.07, 6.45) is 0.340. The van der Waals surface area contributed by atoms with Gasteiger partial charge in [-0.2, -0.15) is 0 Å². The molecule has 0 aliphatic carbocycles. The van der Waals surface area contributed by atoms with Crippen molar-refractivity contribution < 1.29 is 14.2 Å². The second-order valence-corrected chi connectivity index (χ2v) is 4.98. The number of hydrogen-bond donors (Lipinski definition) is 2. The second kappa shape index (κ2) is 5.97. The van der Waals surface area contributed by atoms with Crippen LogP contribution in [0.3, 0.4) is 0 Å². The van der Waals surface area contributed by atoms with Gasteiger partial charge in [-0.05, 0) is 31.0 Å². The Morgan fingerprint density at radius 3 is 3.00 bits per heavy atom. The number of nitrogens with one attached hydrogen (secondary N) is 1. The molecule has 1 heterocycles. The fraction of sp³-hybridized carbons (Fsp3) is 0.538. The predicted molar refractivity (Wildman–Crippen MR) is 68.2 cm³/mol. The standard InChI is InChI=1S/C13H17ClFNO2/c1-8-12(4-5-18-8)16-7-13(17)9-2-3-10(14)11(15)6-9/h2-3,6,8,12-13,16-17H,4-5,7H2,1H3. The highest BCUT2D eigenvalue weighted by atomic mass is 35.5. The minimum absolute atomic E-state index is 0.0664. The van der Waals surface area contributed by atoms with E-state index in [1.165, 1.54) is 12.1 Å². The van der Waals surface area contributed by atoms with Gasteiger partial charge in [-0.3, -0.25) is 0 Å². The molecule has 0 bridgehead atoms. The van der Waals surface area contributed by atoms with Crippen molar-refractivity contribution in [3.8, 4) is 0 Å². The summed E-state index contributed by atoms with van der Waals surface area (Å²) in [6.45, 7) is 3.11. The fourth-order valence-electron chi connectivity index (χ4n) is 2.10. The zero-order valence-electron chi connectivity index (χ0n) is 10.2. The van der Waals surface area contributed by atoms with E-state index in [2.05, 4.69) is 5.32 Å². The maximum Gasteiger partial charge on any atom is 0.142 e. The fourth-order valence-corrected chi connectivity index (χ4v) is 2.22. The summed E-state index contributed by atoms with van der Waals surface area (Å²) in [7, 11) is 0. The van der Waals surface area contributed by atoms with Crippen LogP contribution in [0.2, 0.25) is 5.02 Å². The molecule has 2 rings (SSSR count). The molecular weight excluding hydrogens is 257 g/mol. The lowest BCUT2D eigenvalue weighted by molar-refractivity contribution is 0.107. The molecule has 1 aromatic carbocycles. The van der Waals surface area contributed by atoms with Gasteiger partial charge in [0.2, 0.25) is 0 Å². The molecule has 5 heteroatoms. The zero-order chi connectivity index (χ0) is 13.1. The van der Waals surface area contributed by atoms with Crippen molar-refractivity contribution in [1.29, 1.82) is 0 Å². The van der Waals surface area contributed by atoms with E-state index in [-0.39, 0.29) is 17.2 Å². The lowest BCUT2D eigenvalue weighted by Crippen LogP contribution is -2.37.